The molecule has 1 aliphatic heterocycles. The average molecular weight is 180 g/mol. The third-order valence-electron chi connectivity index (χ3n) is 1.61. The van der Waals surface area contributed by atoms with Crippen molar-refractivity contribution in [3.63, 3.8) is 0 Å². The largest absolute Gasteiger partial charge is 0.508 e. The number of hydrogen-bond acceptors (Lipinski definition) is 3. The van der Waals surface area contributed by atoms with Crippen LogP contribution in [0.15, 0.2) is 24.3 Å². The standard InChI is InChI=1S/C7H6O2.C3H6O/c8-5-6-1-3-7(9)4-2-6;1-2-4-3-1/h1-5,9H;1-3H2. The lowest BCUT2D eigenvalue weighted by Crippen LogP contribution is -2.09. The molecule has 70 valence electrons. The summed E-state index contributed by atoms with van der Waals surface area (Å²) in [7, 11) is 0. The van der Waals surface area contributed by atoms with Gasteiger partial charge in [0.15, 0.2) is 0 Å². The van der Waals surface area contributed by atoms with E-state index in [0.717, 1.165) is 19.5 Å². The number of aromatic hydroxyl groups is 1. The van der Waals surface area contributed by atoms with Gasteiger partial charge in [0.05, 0.1) is 0 Å². The van der Waals surface area contributed by atoms with Crippen LogP contribution in [0.3, 0.4) is 0 Å². The molecule has 0 atom stereocenters. The van der Waals surface area contributed by atoms with E-state index < -0.39 is 0 Å². The monoisotopic (exact) mass is 180 g/mol. The summed E-state index contributed by atoms with van der Waals surface area (Å²) in [5.74, 6) is 0.181. The van der Waals surface area contributed by atoms with E-state index in [0.29, 0.717) is 5.56 Å². The van der Waals surface area contributed by atoms with Crippen molar-refractivity contribution in [1.29, 1.82) is 0 Å². The van der Waals surface area contributed by atoms with Gasteiger partial charge in [0.2, 0.25) is 0 Å². The van der Waals surface area contributed by atoms with Crippen LogP contribution in [0.1, 0.15) is 16.8 Å². The van der Waals surface area contributed by atoms with Gasteiger partial charge in [-0.25, -0.2) is 0 Å². The number of aldehydes is 1. The number of carbonyl (C=O) groups excluding carboxylic acids is 1. The normalized spacial score (nSPS) is 13.5. The zero-order valence-electron chi connectivity index (χ0n) is 7.27. The Kier molecular flexibility index (Phi) is 3.99. The first-order valence-electron chi connectivity index (χ1n) is 4.15. The highest BCUT2D eigenvalue weighted by molar-refractivity contribution is 5.74. The van der Waals surface area contributed by atoms with Crippen LogP contribution < -0.4 is 0 Å². The van der Waals surface area contributed by atoms with Crippen molar-refractivity contribution in [3.05, 3.63) is 29.8 Å². The van der Waals surface area contributed by atoms with Crippen LogP contribution in [0.25, 0.3) is 0 Å². The molecule has 1 aromatic rings. The lowest BCUT2D eigenvalue weighted by atomic mass is 10.2. The van der Waals surface area contributed by atoms with Gasteiger partial charge in [-0.2, -0.15) is 0 Å². The summed E-state index contributed by atoms with van der Waals surface area (Å²) in [5, 5.41) is 8.74. The Morgan fingerprint density at radius 3 is 2.00 bits per heavy atom. The summed E-state index contributed by atoms with van der Waals surface area (Å²) in [4.78, 5) is 10.0. The Hall–Kier alpha value is -1.35. The number of rotatable bonds is 1. The maximum Gasteiger partial charge on any atom is 0.150 e. The van der Waals surface area contributed by atoms with Gasteiger partial charge in [-0.1, -0.05) is 0 Å². The summed E-state index contributed by atoms with van der Waals surface area (Å²) in [6.45, 7) is 2.00. The molecule has 1 saturated heterocycles. The van der Waals surface area contributed by atoms with Crippen molar-refractivity contribution < 1.29 is 14.6 Å². The fourth-order valence-electron chi connectivity index (χ4n) is 0.697. The molecular weight excluding hydrogens is 168 g/mol. The Morgan fingerprint density at radius 2 is 1.69 bits per heavy atom. The van der Waals surface area contributed by atoms with Crippen molar-refractivity contribution in [2.24, 2.45) is 0 Å². The molecule has 3 nitrogen and oxygen atoms in total. The number of hydrogen-bond donors (Lipinski definition) is 1. The molecule has 1 aliphatic rings. The van der Waals surface area contributed by atoms with Crippen molar-refractivity contribution in [2.75, 3.05) is 13.2 Å². The van der Waals surface area contributed by atoms with Crippen LogP contribution in [0.2, 0.25) is 0 Å². The van der Waals surface area contributed by atoms with Crippen LogP contribution in [-0.4, -0.2) is 24.6 Å². The number of phenolic OH excluding ortho intramolecular Hbond substituents is 1. The van der Waals surface area contributed by atoms with E-state index in [2.05, 4.69) is 0 Å². The molecule has 0 amide bonds. The molecule has 0 aliphatic carbocycles. The van der Waals surface area contributed by atoms with Crippen molar-refractivity contribution in [1.82, 2.24) is 0 Å². The van der Waals surface area contributed by atoms with Gasteiger partial charge in [0, 0.05) is 18.8 Å². The molecule has 0 saturated carbocycles. The summed E-state index contributed by atoms with van der Waals surface area (Å²) in [6, 6.07) is 6.07. The molecule has 0 unspecified atom stereocenters. The van der Waals surface area contributed by atoms with Gasteiger partial charge in [-0.05, 0) is 30.7 Å². The summed E-state index contributed by atoms with van der Waals surface area (Å²) in [5.41, 5.74) is 0.577. The molecular formula is C10H12O3. The van der Waals surface area contributed by atoms with Crippen LogP contribution in [0, 0.1) is 0 Å². The van der Waals surface area contributed by atoms with Gasteiger partial charge in [-0.3, -0.25) is 4.79 Å². The number of phenols is 1. The predicted octanol–water partition coefficient (Wildman–Crippen LogP) is 1.61. The van der Waals surface area contributed by atoms with E-state index in [1.807, 2.05) is 0 Å². The molecule has 0 aromatic heterocycles. The highest BCUT2D eigenvalue weighted by Gasteiger charge is 1.94. The van der Waals surface area contributed by atoms with Gasteiger partial charge < -0.3 is 9.84 Å². The molecule has 13 heavy (non-hydrogen) atoms. The van der Waals surface area contributed by atoms with E-state index in [-0.39, 0.29) is 5.75 Å². The van der Waals surface area contributed by atoms with E-state index in [1.54, 1.807) is 12.1 Å². The molecule has 0 radical (unpaired) electrons. The quantitative estimate of drug-likeness (QED) is 0.668. The first-order valence-corrected chi connectivity index (χ1v) is 4.15. The fraction of sp³-hybridized carbons (Fsp3) is 0.300. The number of carbonyl (C=O) groups is 1. The molecule has 1 heterocycles. The Labute approximate surface area is 77.0 Å². The maximum atomic E-state index is 10.0. The van der Waals surface area contributed by atoms with Gasteiger partial charge in [-0.15, -0.1) is 0 Å². The first kappa shape index (κ1) is 9.74. The van der Waals surface area contributed by atoms with Crippen molar-refractivity contribution in [3.8, 4) is 5.75 Å². The third kappa shape index (κ3) is 3.71. The van der Waals surface area contributed by atoms with Crippen LogP contribution in [-0.2, 0) is 4.74 Å². The molecule has 3 heteroatoms. The summed E-state index contributed by atoms with van der Waals surface area (Å²) >= 11 is 0. The smallest absolute Gasteiger partial charge is 0.150 e. The zero-order valence-corrected chi connectivity index (χ0v) is 7.27. The van der Waals surface area contributed by atoms with Crippen molar-refractivity contribution >= 4 is 6.29 Å². The van der Waals surface area contributed by atoms with Crippen LogP contribution in [0.4, 0.5) is 0 Å². The summed E-state index contributed by atoms with van der Waals surface area (Å²) < 4.78 is 4.72. The predicted molar refractivity (Wildman–Crippen MR) is 48.9 cm³/mol. The third-order valence-corrected chi connectivity index (χ3v) is 1.61. The fourth-order valence-corrected chi connectivity index (χ4v) is 0.697. The van der Waals surface area contributed by atoms with Gasteiger partial charge in [0.25, 0.3) is 0 Å². The topological polar surface area (TPSA) is 46.5 Å². The zero-order chi connectivity index (χ0) is 9.52. The second-order valence-corrected chi connectivity index (χ2v) is 2.68. The highest BCUT2D eigenvalue weighted by atomic mass is 16.5. The Morgan fingerprint density at radius 1 is 1.23 bits per heavy atom. The molecule has 0 bridgehead atoms. The van der Waals surface area contributed by atoms with E-state index in [4.69, 9.17) is 9.84 Å². The number of benzene rings is 1. The molecule has 2 rings (SSSR count). The summed E-state index contributed by atoms with van der Waals surface area (Å²) in [6.07, 6.45) is 2.01. The molecule has 1 fully saturated rings. The van der Waals surface area contributed by atoms with E-state index >= 15 is 0 Å². The molecule has 0 spiro atoms. The lowest BCUT2D eigenvalue weighted by Gasteiger charge is -2.09. The maximum absolute atomic E-state index is 10.0. The molecule has 1 N–H and O–H groups in total. The SMILES string of the molecule is C1COC1.O=Cc1ccc(O)cc1. The Balaban J connectivity index is 0.000000175. The lowest BCUT2D eigenvalue weighted by molar-refractivity contribution is 0.0367. The highest BCUT2D eigenvalue weighted by Crippen LogP contribution is 2.07. The minimum Gasteiger partial charge on any atom is -0.508 e. The van der Waals surface area contributed by atoms with Gasteiger partial charge in [0.1, 0.15) is 12.0 Å². The average Bonchev–Trinajstić information content (AvgIpc) is 2.03. The molecule has 1 aromatic carbocycles. The van der Waals surface area contributed by atoms with Gasteiger partial charge >= 0.3 is 0 Å². The minimum absolute atomic E-state index is 0.181. The second kappa shape index (κ2) is 5.32. The van der Waals surface area contributed by atoms with E-state index in [1.165, 1.54) is 18.6 Å². The first-order chi connectivity index (χ1) is 6.33. The second-order valence-electron chi connectivity index (χ2n) is 2.68. The van der Waals surface area contributed by atoms with Crippen LogP contribution in [0.5, 0.6) is 5.75 Å². The Bertz CT molecular complexity index is 245. The van der Waals surface area contributed by atoms with Crippen LogP contribution >= 0.6 is 0 Å². The van der Waals surface area contributed by atoms with Crippen molar-refractivity contribution in [2.45, 2.75) is 6.42 Å². The number of ether oxygens (including phenoxy) is 1. The minimum atomic E-state index is 0.181. The van der Waals surface area contributed by atoms with E-state index in [9.17, 15) is 4.79 Å².